The van der Waals surface area contributed by atoms with E-state index >= 15 is 0 Å². The highest BCUT2D eigenvalue weighted by molar-refractivity contribution is 5.22. The number of hydrogen-bond donors (Lipinski definition) is 0. The van der Waals surface area contributed by atoms with Crippen LogP contribution in [0.25, 0.3) is 0 Å². The summed E-state index contributed by atoms with van der Waals surface area (Å²) in [6.07, 6.45) is 17.9. The van der Waals surface area contributed by atoms with Crippen LogP contribution in [0.2, 0.25) is 0 Å². The van der Waals surface area contributed by atoms with Crippen molar-refractivity contribution in [2.24, 2.45) is 23.7 Å². The summed E-state index contributed by atoms with van der Waals surface area (Å²) in [5.74, 6) is 2.74. The third-order valence-electron chi connectivity index (χ3n) is 3.60. The summed E-state index contributed by atoms with van der Waals surface area (Å²) >= 11 is 0. The fourth-order valence-corrected chi connectivity index (χ4v) is 2.30. The minimum atomic E-state index is 0.646. The molecule has 0 amide bonds. The van der Waals surface area contributed by atoms with Gasteiger partial charge in [-0.25, -0.2) is 0 Å². The zero-order valence-electron chi connectivity index (χ0n) is 8.93. The van der Waals surface area contributed by atoms with Gasteiger partial charge in [0.1, 0.15) is 0 Å². The lowest BCUT2D eigenvalue weighted by atomic mass is 9.78. The first kappa shape index (κ1) is 9.51. The van der Waals surface area contributed by atoms with Gasteiger partial charge < -0.3 is 0 Å². The summed E-state index contributed by atoms with van der Waals surface area (Å²) in [6.45, 7) is 4.71. The Morgan fingerprint density at radius 1 is 0.643 bits per heavy atom. The van der Waals surface area contributed by atoms with Gasteiger partial charge in [0.2, 0.25) is 0 Å². The van der Waals surface area contributed by atoms with E-state index in [0.29, 0.717) is 11.8 Å². The van der Waals surface area contributed by atoms with Gasteiger partial charge in [-0.3, -0.25) is 0 Å². The van der Waals surface area contributed by atoms with Gasteiger partial charge in [-0.05, 0) is 23.7 Å². The highest BCUT2D eigenvalue weighted by atomic mass is 14.3. The van der Waals surface area contributed by atoms with Crippen molar-refractivity contribution >= 4 is 0 Å². The monoisotopic (exact) mass is 186 g/mol. The van der Waals surface area contributed by atoms with Crippen LogP contribution < -0.4 is 0 Å². The normalized spacial score (nSPS) is 25.0. The second-order valence-electron chi connectivity index (χ2n) is 4.41. The van der Waals surface area contributed by atoms with Crippen molar-refractivity contribution in [2.45, 2.75) is 13.8 Å². The first-order chi connectivity index (χ1) is 6.79. The van der Waals surface area contributed by atoms with E-state index < -0.39 is 0 Å². The molecule has 2 aliphatic carbocycles. The van der Waals surface area contributed by atoms with E-state index in [1.165, 1.54) is 0 Å². The molecule has 0 heteroatoms. The lowest BCUT2D eigenvalue weighted by Gasteiger charge is -2.26. The van der Waals surface area contributed by atoms with Gasteiger partial charge in [0.25, 0.3) is 0 Å². The molecule has 0 saturated carbocycles. The van der Waals surface area contributed by atoms with Crippen LogP contribution >= 0.6 is 0 Å². The Kier molecular flexibility index (Phi) is 2.72. The third-order valence-corrected chi connectivity index (χ3v) is 3.60. The van der Waals surface area contributed by atoms with Gasteiger partial charge in [-0.1, -0.05) is 62.5 Å². The average Bonchev–Trinajstić information content (AvgIpc) is 2.87. The topological polar surface area (TPSA) is 0 Å². The maximum absolute atomic E-state index is 2.36. The molecule has 0 heterocycles. The van der Waals surface area contributed by atoms with Gasteiger partial charge in [-0.15, -0.1) is 0 Å². The summed E-state index contributed by atoms with van der Waals surface area (Å²) in [5, 5.41) is 0. The Labute approximate surface area is 86.7 Å². The van der Waals surface area contributed by atoms with Gasteiger partial charge in [0.15, 0.2) is 0 Å². The van der Waals surface area contributed by atoms with Crippen LogP contribution in [0.5, 0.6) is 0 Å². The summed E-state index contributed by atoms with van der Waals surface area (Å²) in [4.78, 5) is 0. The number of hydrogen-bond acceptors (Lipinski definition) is 0. The molecule has 0 radical (unpaired) electrons. The predicted molar refractivity (Wildman–Crippen MR) is 61.9 cm³/mol. The summed E-state index contributed by atoms with van der Waals surface area (Å²) in [5.41, 5.74) is 0. The molecule has 0 aromatic heterocycles. The molecule has 0 bridgehead atoms. The zero-order chi connectivity index (χ0) is 9.97. The van der Waals surface area contributed by atoms with E-state index in [-0.39, 0.29) is 0 Å². The van der Waals surface area contributed by atoms with E-state index in [2.05, 4.69) is 62.5 Å². The van der Waals surface area contributed by atoms with Crippen LogP contribution in [-0.2, 0) is 0 Å². The third kappa shape index (κ3) is 1.75. The van der Waals surface area contributed by atoms with E-state index in [1.807, 2.05) is 0 Å². The molecule has 0 aromatic rings. The average molecular weight is 186 g/mol. The second kappa shape index (κ2) is 4.00. The molecule has 0 fully saturated rings. The van der Waals surface area contributed by atoms with Crippen LogP contribution in [0.4, 0.5) is 0 Å². The fraction of sp³-hybridized carbons (Fsp3) is 0.429. The molecule has 2 unspecified atom stereocenters. The molecule has 0 aliphatic heterocycles. The first-order valence-corrected chi connectivity index (χ1v) is 5.49. The van der Waals surface area contributed by atoms with Crippen LogP contribution in [-0.4, -0.2) is 0 Å². The van der Waals surface area contributed by atoms with Crippen LogP contribution in [0.1, 0.15) is 13.8 Å². The van der Waals surface area contributed by atoms with Crippen LogP contribution in [0, 0.1) is 23.7 Å². The van der Waals surface area contributed by atoms with Crippen molar-refractivity contribution in [1.29, 1.82) is 0 Å². The molecular weight excluding hydrogens is 168 g/mol. The van der Waals surface area contributed by atoms with Crippen LogP contribution in [0.15, 0.2) is 48.6 Å². The van der Waals surface area contributed by atoms with E-state index in [4.69, 9.17) is 0 Å². The SMILES string of the molecule is CC(C1C=CC=C1)C(C)C1C=CC=C1. The van der Waals surface area contributed by atoms with E-state index in [9.17, 15) is 0 Å². The molecule has 2 aliphatic rings. The van der Waals surface area contributed by atoms with Gasteiger partial charge in [0, 0.05) is 0 Å². The Bertz CT molecular complexity index is 248. The summed E-state index contributed by atoms with van der Waals surface area (Å²) in [7, 11) is 0. The Balaban J connectivity index is 2.00. The minimum absolute atomic E-state index is 0.646. The van der Waals surface area contributed by atoms with Gasteiger partial charge >= 0.3 is 0 Å². The Morgan fingerprint density at radius 3 is 1.21 bits per heavy atom. The lowest BCUT2D eigenvalue weighted by Crippen LogP contribution is -2.20. The minimum Gasteiger partial charge on any atom is -0.0773 e. The van der Waals surface area contributed by atoms with E-state index in [0.717, 1.165) is 11.8 Å². The van der Waals surface area contributed by atoms with Gasteiger partial charge in [-0.2, -0.15) is 0 Å². The Hall–Kier alpha value is -1.04. The molecule has 0 spiro atoms. The Morgan fingerprint density at radius 2 is 0.929 bits per heavy atom. The van der Waals surface area contributed by atoms with E-state index in [1.54, 1.807) is 0 Å². The van der Waals surface area contributed by atoms with Crippen LogP contribution in [0.3, 0.4) is 0 Å². The molecule has 0 nitrogen and oxygen atoms in total. The van der Waals surface area contributed by atoms with Crippen molar-refractivity contribution in [2.75, 3.05) is 0 Å². The second-order valence-corrected chi connectivity index (χ2v) is 4.41. The quantitative estimate of drug-likeness (QED) is 0.630. The molecule has 2 atom stereocenters. The molecule has 14 heavy (non-hydrogen) atoms. The molecule has 0 N–H and O–H groups in total. The van der Waals surface area contributed by atoms with Crippen molar-refractivity contribution in [1.82, 2.24) is 0 Å². The molecule has 74 valence electrons. The largest absolute Gasteiger partial charge is 0.0773 e. The maximum Gasteiger partial charge on any atom is -0.00187 e. The highest BCUT2D eigenvalue weighted by Crippen LogP contribution is 2.33. The summed E-state index contributed by atoms with van der Waals surface area (Å²) < 4.78 is 0. The molecule has 2 rings (SSSR count). The number of rotatable bonds is 3. The van der Waals surface area contributed by atoms with Crippen molar-refractivity contribution in [3.63, 3.8) is 0 Å². The standard InChI is InChI=1S/C14H18/c1-11(13-7-3-4-8-13)12(2)14-9-5-6-10-14/h3-14H,1-2H3. The van der Waals surface area contributed by atoms with Crippen molar-refractivity contribution < 1.29 is 0 Å². The maximum atomic E-state index is 2.36. The van der Waals surface area contributed by atoms with Crippen molar-refractivity contribution in [3.05, 3.63) is 48.6 Å². The zero-order valence-corrected chi connectivity index (χ0v) is 8.93. The molecule has 0 aromatic carbocycles. The smallest absolute Gasteiger partial charge is 0.00187 e. The molecule has 0 saturated heterocycles. The van der Waals surface area contributed by atoms with Crippen molar-refractivity contribution in [3.8, 4) is 0 Å². The first-order valence-electron chi connectivity index (χ1n) is 5.49. The fourth-order valence-electron chi connectivity index (χ4n) is 2.30. The number of allylic oxidation sites excluding steroid dienone is 8. The molecular formula is C14H18. The predicted octanol–water partition coefficient (Wildman–Crippen LogP) is 3.74. The highest BCUT2D eigenvalue weighted by Gasteiger charge is 2.24. The summed E-state index contributed by atoms with van der Waals surface area (Å²) in [6, 6.07) is 0. The van der Waals surface area contributed by atoms with Gasteiger partial charge in [0.05, 0.1) is 0 Å². The lowest BCUT2D eigenvalue weighted by molar-refractivity contribution is 0.305.